The van der Waals surface area contributed by atoms with Gasteiger partial charge in [0.25, 0.3) is 0 Å². The van der Waals surface area contributed by atoms with Crippen molar-refractivity contribution < 1.29 is 4.74 Å². The van der Waals surface area contributed by atoms with E-state index >= 15 is 0 Å². The zero-order valence-corrected chi connectivity index (χ0v) is 11.1. The van der Waals surface area contributed by atoms with Crippen LogP contribution in [0.4, 0.5) is 0 Å². The van der Waals surface area contributed by atoms with E-state index < -0.39 is 0 Å². The average molecular weight is 228 g/mol. The van der Waals surface area contributed by atoms with Crippen LogP contribution < -0.4 is 0 Å². The van der Waals surface area contributed by atoms with Crippen molar-refractivity contribution in [2.24, 2.45) is 0 Å². The summed E-state index contributed by atoms with van der Waals surface area (Å²) in [7, 11) is 0. The molecule has 0 aliphatic carbocycles. The fourth-order valence-corrected chi connectivity index (χ4v) is 1.01. The maximum absolute atomic E-state index is 5.44. The van der Waals surface area contributed by atoms with Gasteiger partial charge in [0.05, 0.1) is 0 Å². The Morgan fingerprint density at radius 2 is 1.17 bits per heavy atom. The summed E-state index contributed by atoms with van der Waals surface area (Å²) in [5, 5.41) is 0. The molecule has 0 rings (SSSR count). The first-order valence-corrected chi connectivity index (χ1v) is 4.99. The van der Waals surface area contributed by atoms with Gasteiger partial charge in [-0.25, -0.2) is 0 Å². The van der Waals surface area contributed by atoms with Crippen molar-refractivity contribution in [2.45, 2.75) is 52.4 Å². The van der Waals surface area contributed by atoms with Gasteiger partial charge in [-0.3, -0.25) is 0 Å². The molecule has 0 aromatic heterocycles. The van der Waals surface area contributed by atoms with E-state index in [0.717, 1.165) is 13.2 Å². The molecule has 1 nitrogen and oxygen atoms in total. The number of rotatable bonds is 8. The largest absolute Gasteiger partial charge is 0.381 e. The van der Waals surface area contributed by atoms with Gasteiger partial charge < -0.3 is 4.74 Å². The van der Waals surface area contributed by atoms with Gasteiger partial charge in [0.15, 0.2) is 0 Å². The van der Waals surface area contributed by atoms with E-state index in [9.17, 15) is 0 Å². The number of ether oxygens (including phenoxy) is 1. The summed E-state index contributed by atoms with van der Waals surface area (Å²) in [6.45, 7) is 6.38. The van der Waals surface area contributed by atoms with Crippen molar-refractivity contribution in [2.75, 3.05) is 13.2 Å². The zero-order chi connectivity index (χ0) is 8.36. The molecule has 0 bridgehead atoms. The first kappa shape index (κ1) is 15.1. The normalized spacial score (nSPS) is 9.50. The van der Waals surface area contributed by atoms with E-state index in [0.29, 0.717) is 0 Å². The Hall–Kier alpha value is 0.596. The second kappa shape index (κ2) is 14.1. The summed E-state index contributed by atoms with van der Waals surface area (Å²) < 4.78 is 5.44. The molecular formula is C10H22GaO. The SMILES string of the molecule is CCCCCOCCCCC.[Ga]. The Morgan fingerprint density at radius 3 is 1.50 bits per heavy atom. The van der Waals surface area contributed by atoms with Crippen molar-refractivity contribution in [3.8, 4) is 0 Å². The van der Waals surface area contributed by atoms with Gasteiger partial charge >= 0.3 is 0 Å². The molecule has 0 heterocycles. The second-order valence-corrected chi connectivity index (χ2v) is 3.03. The minimum atomic E-state index is 0. The van der Waals surface area contributed by atoms with Crippen LogP contribution in [0, 0.1) is 0 Å². The third-order valence-electron chi connectivity index (χ3n) is 1.78. The van der Waals surface area contributed by atoms with E-state index in [1.165, 1.54) is 38.5 Å². The molecule has 3 radical (unpaired) electrons. The van der Waals surface area contributed by atoms with Crippen molar-refractivity contribution in [3.63, 3.8) is 0 Å². The number of hydrogen-bond acceptors (Lipinski definition) is 1. The summed E-state index contributed by atoms with van der Waals surface area (Å²) in [4.78, 5) is 0. The molecule has 0 saturated carbocycles. The van der Waals surface area contributed by atoms with Crippen LogP contribution in [0.15, 0.2) is 0 Å². The fourth-order valence-electron chi connectivity index (χ4n) is 1.01. The Balaban J connectivity index is 0. The molecule has 0 unspecified atom stereocenters. The molecule has 71 valence electrons. The van der Waals surface area contributed by atoms with E-state index in [1.807, 2.05) is 0 Å². The van der Waals surface area contributed by atoms with Crippen molar-refractivity contribution >= 4 is 19.8 Å². The van der Waals surface area contributed by atoms with Crippen molar-refractivity contribution in [3.05, 3.63) is 0 Å². The van der Waals surface area contributed by atoms with E-state index in [1.54, 1.807) is 0 Å². The average Bonchev–Trinajstić information content (AvgIpc) is 2.03. The molecular weight excluding hydrogens is 206 g/mol. The topological polar surface area (TPSA) is 9.23 Å². The van der Waals surface area contributed by atoms with Crippen LogP contribution >= 0.6 is 0 Å². The van der Waals surface area contributed by atoms with Crippen LogP contribution in [-0.4, -0.2) is 33.0 Å². The summed E-state index contributed by atoms with van der Waals surface area (Å²) in [6, 6.07) is 0. The predicted molar refractivity (Wildman–Crippen MR) is 55.6 cm³/mol. The molecule has 0 aromatic carbocycles. The Labute approximate surface area is 90.3 Å². The molecule has 0 fully saturated rings. The molecule has 0 spiro atoms. The molecule has 0 N–H and O–H groups in total. The third-order valence-corrected chi connectivity index (χ3v) is 1.78. The van der Waals surface area contributed by atoms with Gasteiger partial charge in [-0.2, -0.15) is 0 Å². The molecule has 0 aliphatic heterocycles. The number of unbranched alkanes of at least 4 members (excludes halogenated alkanes) is 4. The van der Waals surface area contributed by atoms with Gasteiger partial charge in [-0.1, -0.05) is 39.5 Å². The minimum Gasteiger partial charge on any atom is -0.381 e. The monoisotopic (exact) mass is 227 g/mol. The molecule has 0 aromatic rings. The summed E-state index contributed by atoms with van der Waals surface area (Å²) in [5.74, 6) is 0. The van der Waals surface area contributed by atoms with E-state index in [4.69, 9.17) is 4.74 Å². The van der Waals surface area contributed by atoms with Crippen LogP contribution in [0.5, 0.6) is 0 Å². The van der Waals surface area contributed by atoms with Gasteiger partial charge in [0, 0.05) is 33.0 Å². The van der Waals surface area contributed by atoms with Crippen LogP contribution in [0.25, 0.3) is 0 Å². The van der Waals surface area contributed by atoms with Crippen LogP contribution in [0.2, 0.25) is 0 Å². The Kier molecular flexibility index (Phi) is 17.8. The maximum Gasteiger partial charge on any atom is 0.0466 e. The summed E-state index contributed by atoms with van der Waals surface area (Å²) in [5.41, 5.74) is 0. The smallest absolute Gasteiger partial charge is 0.0466 e. The quantitative estimate of drug-likeness (QED) is 0.458. The predicted octanol–water partition coefficient (Wildman–Crippen LogP) is 3.00. The molecule has 0 atom stereocenters. The van der Waals surface area contributed by atoms with Gasteiger partial charge in [-0.05, 0) is 12.8 Å². The van der Waals surface area contributed by atoms with Gasteiger partial charge in [0.2, 0.25) is 0 Å². The molecule has 12 heavy (non-hydrogen) atoms. The first-order valence-electron chi connectivity index (χ1n) is 4.99. The standard InChI is InChI=1S/C10H22O.Ga/c1-3-5-7-9-11-10-8-6-4-2;/h3-10H2,1-2H3;. The minimum absolute atomic E-state index is 0. The molecule has 2 heteroatoms. The van der Waals surface area contributed by atoms with Crippen LogP contribution in [0.3, 0.4) is 0 Å². The molecule has 0 aliphatic rings. The van der Waals surface area contributed by atoms with Gasteiger partial charge in [-0.15, -0.1) is 0 Å². The first-order chi connectivity index (χ1) is 5.41. The third kappa shape index (κ3) is 13.2. The number of hydrogen-bond donors (Lipinski definition) is 0. The van der Waals surface area contributed by atoms with E-state index in [-0.39, 0.29) is 19.8 Å². The molecule has 0 amide bonds. The maximum atomic E-state index is 5.44. The Morgan fingerprint density at radius 1 is 0.750 bits per heavy atom. The zero-order valence-electron chi connectivity index (χ0n) is 8.64. The van der Waals surface area contributed by atoms with Crippen LogP contribution in [-0.2, 0) is 4.74 Å². The second-order valence-electron chi connectivity index (χ2n) is 3.03. The fraction of sp³-hybridized carbons (Fsp3) is 1.00. The summed E-state index contributed by atoms with van der Waals surface area (Å²) in [6.07, 6.45) is 7.68. The summed E-state index contributed by atoms with van der Waals surface area (Å²) >= 11 is 0. The Bertz CT molecular complexity index is 58.9. The molecule has 0 saturated heterocycles. The van der Waals surface area contributed by atoms with Crippen molar-refractivity contribution in [1.29, 1.82) is 0 Å². The van der Waals surface area contributed by atoms with Crippen molar-refractivity contribution in [1.82, 2.24) is 0 Å². The van der Waals surface area contributed by atoms with Gasteiger partial charge in [0.1, 0.15) is 0 Å². The van der Waals surface area contributed by atoms with E-state index in [2.05, 4.69) is 13.8 Å². The van der Waals surface area contributed by atoms with Crippen LogP contribution in [0.1, 0.15) is 52.4 Å².